The average Bonchev–Trinajstić information content (AvgIpc) is 2.62. The number of hydrogen-bond donors (Lipinski definition) is 0. The molecule has 0 N–H and O–H groups in total. The van der Waals surface area contributed by atoms with Crippen LogP contribution in [-0.4, -0.2) is 19.4 Å². The van der Waals surface area contributed by atoms with Gasteiger partial charge in [-0.15, -0.1) is 0 Å². The lowest BCUT2D eigenvalue weighted by Gasteiger charge is -2.24. The molecule has 0 aliphatic heterocycles. The molecular formula is C20H20O3. The number of rotatable bonds is 7. The molecule has 0 saturated carbocycles. The topological polar surface area (TPSA) is 43.4 Å². The van der Waals surface area contributed by atoms with Gasteiger partial charge in [-0.2, -0.15) is 0 Å². The Hall–Kier alpha value is -2.68. The summed E-state index contributed by atoms with van der Waals surface area (Å²) in [6, 6.07) is 19.8. The minimum Gasteiger partial charge on any atom is -0.466 e. The summed E-state index contributed by atoms with van der Waals surface area (Å²) in [5, 5.41) is 0. The van der Waals surface area contributed by atoms with Crippen molar-refractivity contribution in [3.63, 3.8) is 0 Å². The van der Waals surface area contributed by atoms with Crippen molar-refractivity contribution < 1.29 is 14.3 Å². The van der Waals surface area contributed by atoms with Gasteiger partial charge in [0.05, 0.1) is 7.11 Å². The second-order valence-corrected chi connectivity index (χ2v) is 5.24. The fourth-order valence-corrected chi connectivity index (χ4v) is 2.70. The normalized spacial score (nSPS) is 13.4. The van der Waals surface area contributed by atoms with Gasteiger partial charge in [0, 0.05) is 24.3 Å². The maximum Gasteiger partial charge on any atom is 0.330 e. The van der Waals surface area contributed by atoms with Crippen molar-refractivity contribution in [1.29, 1.82) is 0 Å². The quantitative estimate of drug-likeness (QED) is 0.443. The van der Waals surface area contributed by atoms with Gasteiger partial charge in [0.25, 0.3) is 0 Å². The Morgan fingerprint density at radius 3 is 2.09 bits per heavy atom. The van der Waals surface area contributed by atoms with Crippen LogP contribution in [0.5, 0.6) is 0 Å². The third-order valence-electron chi connectivity index (χ3n) is 3.84. The van der Waals surface area contributed by atoms with Gasteiger partial charge in [-0.05, 0) is 11.1 Å². The number of carbonyl (C=O) groups is 2. The zero-order valence-corrected chi connectivity index (χ0v) is 13.1. The van der Waals surface area contributed by atoms with Crippen molar-refractivity contribution in [2.45, 2.75) is 18.3 Å². The molecule has 0 aliphatic carbocycles. The van der Waals surface area contributed by atoms with E-state index in [4.69, 9.17) is 0 Å². The number of methoxy groups -OCH3 is 1. The van der Waals surface area contributed by atoms with Crippen LogP contribution in [0.1, 0.15) is 29.4 Å². The molecular weight excluding hydrogens is 288 g/mol. The number of aldehydes is 1. The third kappa shape index (κ3) is 4.65. The Morgan fingerprint density at radius 1 is 1.00 bits per heavy atom. The number of allylic oxidation sites excluding steroid dienone is 1. The largest absolute Gasteiger partial charge is 0.466 e. The number of ether oxygens (including phenoxy) is 1. The van der Waals surface area contributed by atoms with E-state index in [1.165, 1.54) is 13.2 Å². The van der Waals surface area contributed by atoms with Gasteiger partial charge in [0.1, 0.15) is 6.29 Å². The van der Waals surface area contributed by atoms with Gasteiger partial charge >= 0.3 is 5.97 Å². The molecule has 2 aromatic carbocycles. The van der Waals surface area contributed by atoms with Crippen LogP contribution in [0.4, 0.5) is 0 Å². The van der Waals surface area contributed by atoms with Gasteiger partial charge in [-0.3, -0.25) is 0 Å². The van der Waals surface area contributed by atoms with Crippen LogP contribution in [-0.2, 0) is 14.3 Å². The molecule has 3 heteroatoms. The summed E-state index contributed by atoms with van der Waals surface area (Å²) in [6.45, 7) is 0. The molecule has 0 aromatic heterocycles. The van der Waals surface area contributed by atoms with Gasteiger partial charge < -0.3 is 9.53 Å². The zero-order chi connectivity index (χ0) is 16.5. The number of carbonyl (C=O) groups excluding carboxylic acids is 2. The molecule has 2 atom stereocenters. The number of esters is 1. The SMILES string of the molecule is COC(=O)C=C[C@@H](c1ccccc1)[C@@H](CC=O)c1ccccc1. The highest BCUT2D eigenvalue weighted by molar-refractivity contribution is 5.82. The molecule has 0 unspecified atom stereocenters. The van der Waals surface area contributed by atoms with Crippen LogP contribution in [0.3, 0.4) is 0 Å². The molecule has 23 heavy (non-hydrogen) atoms. The van der Waals surface area contributed by atoms with Crippen LogP contribution < -0.4 is 0 Å². The first kappa shape index (κ1) is 16.7. The predicted octanol–water partition coefficient (Wildman–Crippen LogP) is 3.87. The third-order valence-corrected chi connectivity index (χ3v) is 3.84. The summed E-state index contributed by atoms with van der Waals surface area (Å²) in [5.41, 5.74) is 2.13. The second-order valence-electron chi connectivity index (χ2n) is 5.24. The van der Waals surface area contributed by atoms with Gasteiger partial charge in [-0.25, -0.2) is 4.79 Å². The lowest BCUT2D eigenvalue weighted by atomic mass is 9.79. The van der Waals surface area contributed by atoms with E-state index in [-0.39, 0.29) is 11.8 Å². The van der Waals surface area contributed by atoms with Crippen molar-refractivity contribution in [2.24, 2.45) is 0 Å². The highest BCUT2D eigenvalue weighted by Gasteiger charge is 2.22. The molecule has 0 fully saturated rings. The minimum atomic E-state index is -0.399. The summed E-state index contributed by atoms with van der Waals surface area (Å²) in [5.74, 6) is -0.510. The van der Waals surface area contributed by atoms with E-state index >= 15 is 0 Å². The summed E-state index contributed by atoms with van der Waals surface area (Å²) in [4.78, 5) is 22.7. The van der Waals surface area contributed by atoms with Crippen LogP contribution in [0.25, 0.3) is 0 Å². The molecule has 118 valence electrons. The average molecular weight is 308 g/mol. The summed E-state index contributed by atoms with van der Waals surface area (Å²) < 4.78 is 4.69. The zero-order valence-electron chi connectivity index (χ0n) is 13.1. The molecule has 0 bridgehead atoms. The lowest BCUT2D eigenvalue weighted by Crippen LogP contribution is -2.11. The van der Waals surface area contributed by atoms with Crippen molar-refractivity contribution in [1.82, 2.24) is 0 Å². The van der Waals surface area contributed by atoms with E-state index in [9.17, 15) is 9.59 Å². The monoisotopic (exact) mass is 308 g/mol. The standard InChI is InChI=1S/C20H20O3/c1-23-20(22)13-12-18(16-8-4-2-5-9-16)19(14-15-21)17-10-6-3-7-11-17/h2-13,15,18-19H,14H2,1H3/t18-,19-/m0/s1. The Morgan fingerprint density at radius 2 is 1.57 bits per heavy atom. The van der Waals surface area contributed by atoms with Crippen LogP contribution in [0.15, 0.2) is 72.8 Å². The molecule has 2 aromatic rings. The molecule has 0 saturated heterocycles. The molecule has 0 spiro atoms. The van der Waals surface area contributed by atoms with Crippen LogP contribution >= 0.6 is 0 Å². The fraction of sp³-hybridized carbons (Fsp3) is 0.200. The first-order valence-electron chi connectivity index (χ1n) is 7.56. The van der Waals surface area contributed by atoms with Crippen molar-refractivity contribution in [3.05, 3.63) is 83.9 Å². The predicted molar refractivity (Wildman–Crippen MR) is 90.2 cm³/mol. The molecule has 3 nitrogen and oxygen atoms in total. The highest BCUT2D eigenvalue weighted by atomic mass is 16.5. The van der Waals surface area contributed by atoms with Crippen molar-refractivity contribution in [2.75, 3.05) is 7.11 Å². The van der Waals surface area contributed by atoms with Crippen LogP contribution in [0, 0.1) is 0 Å². The van der Waals surface area contributed by atoms with E-state index in [1.54, 1.807) is 0 Å². The first-order chi connectivity index (χ1) is 11.3. The van der Waals surface area contributed by atoms with E-state index in [0.29, 0.717) is 6.42 Å². The van der Waals surface area contributed by atoms with Gasteiger partial charge in [-0.1, -0.05) is 66.7 Å². The van der Waals surface area contributed by atoms with Gasteiger partial charge in [0.15, 0.2) is 0 Å². The summed E-state index contributed by atoms with van der Waals surface area (Å²) >= 11 is 0. The Kier molecular flexibility index (Phi) is 6.30. The molecule has 0 aliphatic rings. The van der Waals surface area contributed by atoms with Crippen molar-refractivity contribution in [3.8, 4) is 0 Å². The van der Waals surface area contributed by atoms with Crippen LogP contribution in [0.2, 0.25) is 0 Å². The maximum atomic E-state index is 11.5. The Bertz CT molecular complexity index is 647. The smallest absolute Gasteiger partial charge is 0.330 e. The summed E-state index contributed by atoms with van der Waals surface area (Å²) in [7, 11) is 1.35. The van der Waals surface area contributed by atoms with E-state index in [2.05, 4.69) is 4.74 Å². The molecule has 0 amide bonds. The van der Waals surface area contributed by atoms with E-state index < -0.39 is 5.97 Å². The van der Waals surface area contributed by atoms with E-state index in [0.717, 1.165) is 17.4 Å². The van der Waals surface area contributed by atoms with Crippen molar-refractivity contribution >= 4 is 12.3 Å². The summed E-state index contributed by atoms with van der Waals surface area (Å²) in [6.07, 6.45) is 4.56. The maximum absolute atomic E-state index is 11.5. The molecule has 2 rings (SSSR count). The lowest BCUT2D eigenvalue weighted by molar-refractivity contribution is -0.134. The highest BCUT2D eigenvalue weighted by Crippen LogP contribution is 2.36. The Labute approximate surface area is 136 Å². The molecule has 0 heterocycles. The minimum absolute atomic E-state index is 0.0305. The number of hydrogen-bond acceptors (Lipinski definition) is 3. The second kappa shape index (κ2) is 8.69. The van der Waals surface area contributed by atoms with Gasteiger partial charge in [0.2, 0.25) is 0 Å². The first-order valence-corrected chi connectivity index (χ1v) is 7.56. The number of benzene rings is 2. The molecule has 0 radical (unpaired) electrons. The fourth-order valence-electron chi connectivity index (χ4n) is 2.70. The Balaban J connectivity index is 2.42. The van der Waals surface area contributed by atoms with E-state index in [1.807, 2.05) is 66.7 Å².